The monoisotopic (exact) mass is 665 g/mol. The molecule has 2 radical (unpaired) electrons. The molecule has 2 heterocycles. The molecule has 0 aromatic heterocycles. The highest BCUT2D eigenvalue weighted by Crippen LogP contribution is 2.47. The van der Waals surface area contributed by atoms with E-state index < -0.39 is 0 Å². The third-order valence-corrected chi connectivity index (χ3v) is 8.44. The Morgan fingerprint density at radius 1 is 1.16 bits per heavy atom. The molecule has 0 saturated carbocycles. The number of likely N-dealkylation sites (N-methyl/N-ethyl adjacent to an activating group) is 2. The van der Waals surface area contributed by atoms with Crippen LogP contribution in [0, 0.1) is 5.92 Å². The average Bonchev–Trinajstić information content (AvgIpc) is 3.92. The van der Waals surface area contributed by atoms with Gasteiger partial charge in [0, 0.05) is 46.1 Å². The van der Waals surface area contributed by atoms with E-state index in [1.807, 2.05) is 13.1 Å². The van der Waals surface area contributed by atoms with Crippen molar-refractivity contribution in [2.24, 2.45) is 15.9 Å². The fourth-order valence-electron chi connectivity index (χ4n) is 5.07. The minimum Gasteiger partial charge on any atom is -0.507 e. The number of nitrogens with zero attached hydrogens (tertiary/aromatic N) is 4. The van der Waals surface area contributed by atoms with E-state index in [0.717, 1.165) is 61.9 Å². The second-order valence-corrected chi connectivity index (χ2v) is 12.7. The molecule has 0 spiro atoms. The molecule has 0 amide bonds. The summed E-state index contributed by atoms with van der Waals surface area (Å²) in [5.74, 6) is 1.21. The standard InChI is InChI=1S/C27H40N2O3.C4H9NO.C2H3Cl2N.CH3B/c1-7-8-9-10-20-14-24(30)26(23-13-19(4)11-12-22(23)18(2)3)25(15-20)32-27(28-5)31-17-21-16-29(21)6;1-5-2-4(5)3-6;1-5-2(3)4;1-2/h13-15,21-23,30H,2,7-12,16-17H2,1,3-6H3;4,6H,2-3H2,1H3;1H3;1H3/t21?,22-,23+,29?;;;/m0.../s1/i;;;1D. The molecule has 2 aliphatic heterocycles. The lowest BCUT2D eigenvalue weighted by Crippen LogP contribution is -2.21. The van der Waals surface area contributed by atoms with Crippen molar-refractivity contribution in [2.75, 3.05) is 54.5 Å². The first-order chi connectivity index (χ1) is 21.9. The van der Waals surface area contributed by atoms with Crippen molar-refractivity contribution < 1.29 is 21.1 Å². The van der Waals surface area contributed by atoms with Gasteiger partial charge in [0.05, 0.1) is 20.5 Å². The van der Waals surface area contributed by atoms with Crippen LogP contribution in [0.15, 0.2) is 45.9 Å². The highest BCUT2D eigenvalue weighted by atomic mass is 35.5. The van der Waals surface area contributed by atoms with Gasteiger partial charge < -0.3 is 19.7 Å². The minimum atomic E-state index is 0. The molecule has 1 aromatic carbocycles. The van der Waals surface area contributed by atoms with Gasteiger partial charge in [0.25, 0.3) is 0 Å². The number of hydrogen-bond acceptors (Lipinski definition) is 8. The minimum absolute atomic E-state index is 0. The van der Waals surface area contributed by atoms with Gasteiger partial charge >= 0.3 is 6.08 Å². The Balaban J connectivity index is 0.000000626. The Kier molecular flexibility index (Phi) is 18.9. The van der Waals surface area contributed by atoms with Crippen LogP contribution < -0.4 is 4.74 Å². The van der Waals surface area contributed by atoms with Gasteiger partial charge in [0.15, 0.2) is 4.63 Å². The van der Waals surface area contributed by atoms with E-state index in [1.165, 1.54) is 19.0 Å². The van der Waals surface area contributed by atoms with Crippen molar-refractivity contribution in [1.82, 2.24) is 9.80 Å². The third kappa shape index (κ3) is 14.9. The van der Waals surface area contributed by atoms with Gasteiger partial charge in [0.2, 0.25) is 0 Å². The summed E-state index contributed by atoms with van der Waals surface area (Å²) < 4.78 is 18.2. The van der Waals surface area contributed by atoms with Gasteiger partial charge in [0.1, 0.15) is 18.1 Å². The van der Waals surface area contributed by atoms with Gasteiger partial charge in [-0.25, -0.2) is 4.99 Å². The first kappa shape index (κ1) is 39.1. The van der Waals surface area contributed by atoms with Crippen molar-refractivity contribution in [2.45, 2.75) is 84.1 Å². The van der Waals surface area contributed by atoms with Crippen LogP contribution in [0.2, 0.25) is 6.80 Å². The quantitative estimate of drug-likeness (QED) is 0.0715. The number of phenols is 1. The summed E-state index contributed by atoms with van der Waals surface area (Å²) in [6, 6.07) is 4.88. The highest BCUT2D eigenvalue weighted by molar-refractivity contribution is 6.95. The SMILES string of the molecule is C=C(C)[C@@H]1CCC(C)=C[C@H]1c1c(O)cc(CCCCC)cc1OC(=NC)OCC1CN1C.CN1CC1CO.CN=C(Cl)Cl.[2H]C[B]. The number of halogens is 2. The maximum Gasteiger partial charge on any atom is 0.388 e. The average molecular weight is 667 g/mol. The van der Waals surface area contributed by atoms with Crippen LogP contribution in [0.3, 0.4) is 0 Å². The highest BCUT2D eigenvalue weighted by Gasteiger charge is 2.33. The summed E-state index contributed by atoms with van der Waals surface area (Å²) in [7, 11) is 11.8. The Morgan fingerprint density at radius 2 is 1.76 bits per heavy atom. The van der Waals surface area contributed by atoms with Crippen LogP contribution in [0.25, 0.3) is 0 Å². The number of aryl methyl sites for hydroxylation is 1. The van der Waals surface area contributed by atoms with Crippen molar-refractivity contribution >= 4 is 41.8 Å². The maximum absolute atomic E-state index is 11.2. The number of phenolic OH excluding ortho intramolecular Hbond substituents is 1. The molecule has 1 aromatic rings. The van der Waals surface area contributed by atoms with Gasteiger partial charge in [-0.2, -0.15) is 0 Å². The molecule has 3 aliphatic rings. The number of unbranched alkanes of at least 4 members (excludes halogenated alkanes) is 2. The van der Waals surface area contributed by atoms with Crippen molar-refractivity contribution in [1.29, 1.82) is 0 Å². The molecule has 4 rings (SSSR count). The molecular weight excluding hydrogens is 610 g/mol. The molecule has 2 N–H and O–H groups in total. The lowest BCUT2D eigenvalue weighted by Gasteiger charge is -2.32. The Morgan fingerprint density at radius 3 is 2.20 bits per heavy atom. The van der Waals surface area contributed by atoms with Gasteiger partial charge in [-0.05, 0) is 100 Å². The number of aromatic hydroxyl groups is 1. The van der Waals surface area contributed by atoms with Crippen molar-refractivity contribution in [3.8, 4) is 11.5 Å². The fourth-order valence-corrected chi connectivity index (χ4v) is 5.07. The second-order valence-electron chi connectivity index (χ2n) is 11.8. The molecule has 252 valence electrons. The Hall–Kier alpha value is -2.04. The van der Waals surface area contributed by atoms with Gasteiger partial charge in [-0.15, -0.1) is 0 Å². The van der Waals surface area contributed by atoms with E-state index >= 15 is 0 Å². The predicted molar refractivity (Wildman–Crippen MR) is 192 cm³/mol. The summed E-state index contributed by atoms with van der Waals surface area (Å²) >= 11 is 9.96. The fraction of sp³-hybridized carbons (Fsp3) is 0.647. The van der Waals surface area contributed by atoms with E-state index in [0.29, 0.717) is 31.0 Å². The number of aliphatic hydroxyl groups excluding tert-OH is 1. The number of ether oxygens (including phenoxy) is 2. The predicted octanol–water partition coefficient (Wildman–Crippen LogP) is 6.78. The summed E-state index contributed by atoms with van der Waals surface area (Å²) in [6.45, 7) is 13.7. The largest absolute Gasteiger partial charge is 0.507 e. The van der Waals surface area contributed by atoms with Crippen LogP contribution in [0.1, 0.15) is 71.3 Å². The van der Waals surface area contributed by atoms with Crippen LogP contribution in [0.4, 0.5) is 0 Å². The number of aliphatic hydroxyl groups is 1. The topological polar surface area (TPSA) is 89.7 Å². The molecule has 8 nitrogen and oxygen atoms in total. The van der Waals surface area contributed by atoms with Crippen LogP contribution in [-0.2, 0) is 11.2 Å². The molecule has 0 bridgehead atoms. The summed E-state index contributed by atoms with van der Waals surface area (Å²) in [5, 5.41) is 19.5. The number of hydrogen-bond donors (Lipinski definition) is 2. The summed E-state index contributed by atoms with van der Waals surface area (Å²) in [6.07, 6.45) is 8.93. The van der Waals surface area contributed by atoms with Crippen LogP contribution >= 0.6 is 23.2 Å². The van der Waals surface area contributed by atoms with E-state index in [9.17, 15) is 5.11 Å². The Labute approximate surface area is 285 Å². The molecule has 2 saturated heterocycles. The molecule has 4 unspecified atom stereocenters. The lowest BCUT2D eigenvalue weighted by molar-refractivity contribution is 0.225. The van der Waals surface area contributed by atoms with E-state index in [-0.39, 0.29) is 35.1 Å². The van der Waals surface area contributed by atoms with Crippen LogP contribution in [-0.4, -0.2) is 105 Å². The van der Waals surface area contributed by atoms with Gasteiger partial charge in [-0.1, -0.05) is 50.4 Å². The molecule has 11 heteroatoms. The number of allylic oxidation sites excluding steroid dienone is 3. The normalized spacial score (nSPS) is 24.9. The molecule has 45 heavy (non-hydrogen) atoms. The molecular formula is C34H55BCl2N4O4. The molecule has 1 aliphatic carbocycles. The van der Waals surface area contributed by atoms with E-state index in [2.05, 4.69) is 74.2 Å². The zero-order valence-corrected chi connectivity index (χ0v) is 29.9. The first-order valence-electron chi connectivity index (χ1n) is 16.3. The smallest absolute Gasteiger partial charge is 0.388 e. The maximum atomic E-state index is 11.2. The zero-order valence-electron chi connectivity index (χ0n) is 29.4. The zero-order chi connectivity index (χ0) is 34.8. The van der Waals surface area contributed by atoms with E-state index in [1.54, 1.807) is 7.05 Å². The van der Waals surface area contributed by atoms with Crippen molar-refractivity contribution in [3.05, 3.63) is 47.1 Å². The van der Waals surface area contributed by atoms with Crippen molar-refractivity contribution in [3.63, 3.8) is 0 Å². The van der Waals surface area contributed by atoms with E-state index in [4.69, 9.17) is 39.2 Å². The first-order valence-corrected chi connectivity index (χ1v) is 16.4. The molecule has 2 fully saturated rings. The lowest BCUT2D eigenvalue weighted by atomic mass is 9.73. The summed E-state index contributed by atoms with van der Waals surface area (Å²) in [5.41, 5.74) is 4.36. The van der Waals surface area contributed by atoms with Crippen LogP contribution in [0.5, 0.6) is 11.5 Å². The Bertz CT molecular complexity index is 1160. The second kappa shape index (κ2) is 21.7. The number of benzene rings is 1. The molecule has 6 atom stereocenters. The third-order valence-electron chi connectivity index (χ3n) is 8.10. The number of rotatable bonds is 10. The van der Waals surface area contributed by atoms with Gasteiger partial charge in [-0.3, -0.25) is 14.8 Å². The summed E-state index contributed by atoms with van der Waals surface area (Å²) in [4.78, 5) is 11.9. The number of aliphatic imine (C=N–C) groups is 2.